The zero-order valence-corrected chi connectivity index (χ0v) is 14.6. The smallest absolute Gasteiger partial charge is 0.265 e. The largest absolute Gasteiger partial charge is 0.508 e. The van der Waals surface area contributed by atoms with Crippen LogP contribution in [0.5, 0.6) is 5.75 Å². The molecule has 1 unspecified atom stereocenters. The molecule has 4 rings (SSSR count). The summed E-state index contributed by atoms with van der Waals surface area (Å²) in [6.07, 6.45) is 3.38. The highest BCUT2D eigenvalue weighted by atomic mass is 35.5. The monoisotopic (exact) mass is 366 g/mol. The lowest BCUT2D eigenvalue weighted by Crippen LogP contribution is -2.25. The average Bonchev–Trinajstić information content (AvgIpc) is 3.16. The summed E-state index contributed by atoms with van der Waals surface area (Å²) in [6, 6.07) is 11.5. The summed E-state index contributed by atoms with van der Waals surface area (Å²) in [4.78, 5) is 25.2. The number of fused-ring (bicyclic) bond motifs is 1. The van der Waals surface area contributed by atoms with Crippen LogP contribution in [0.4, 0.5) is 0 Å². The fourth-order valence-corrected chi connectivity index (χ4v) is 3.08. The Hall–Kier alpha value is -3.12. The maximum atomic E-state index is 13.2. The number of H-pyrrole nitrogens is 1. The molecule has 0 aliphatic rings. The lowest BCUT2D eigenvalue weighted by atomic mass is 10.1. The molecule has 130 valence electrons. The maximum Gasteiger partial charge on any atom is 0.265 e. The van der Waals surface area contributed by atoms with Crippen LogP contribution in [0.3, 0.4) is 0 Å². The Morgan fingerprint density at radius 3 is 2.65 bits per heavy atom. The van der Waals surface area contributed by atoms with E-state index in [1.54, 1.807) is 47.3 Å². The van der Waals surface area contributed by atoms with Gasteiger partial charge >= 0.3 is 0 Å². The molecule has 0 bridgehead atoms. The third-order valence-electron chi connectivity index (χ3n) is 4.28. The standard InChI is InChI=1S/C19H15ClN4O2/c1-11(17-21-8-9-22-17)18-23-16-10-14(25)6-7-15(16)19(26)24(18)13-4-2-12(20)3-5-13/h2-11,25H,1H3,(H,21,22). The fraction of sp³-hybridized carbons (Fsp3) is 0.105. The minimum Gasteiger partial charge on any atom is -0.508 e. The van der Waals surface area contributed by atoms with Crippen LogP contribution >= 0.6 is 11.6 Å². The van der Waals surface area contributed by atoms with Crippen LogP contribution in [0, 0.1) is 0 Å². The number of phenolic OH excluding ortho intramolecular Hbond substituents is 1. The highest BCUT2D eigenvalue weighted by Gasteiger charge is 2.21. The summed E-state index contributed by atoms with van der Waals surface area (Å²) in [6.45, 7) is 1.92. The molecular formula is C19H15ClN4O2. The number of imidazole rings is 1. The molecule has 0 saturated heterocycles. The summed E-state index contributed by atoms with van der Waals surface area (Å²) < 4.78 is 1.56. The van der Waals surface area contributed by atoms with E-state index in [9.17, 15) is 9.90 Å². The van der Waals surface area contributed by atoms with Crippen molar-refractivity contribution < 1.29 is 5.11 Å². The molecule has 4 aromatic rings. The van der Waals surface area contributed by atoms with Crippen LogP contribution in [-0.2, 0) is 0 Å². The molecule has 2 aromatic heterocycles. The van der Waals surface area contributed by atoms with Gasteiger partial charge in [-0.15, -0.1) is 0 Å². The number of nitrogens with one attached hydrogen (secondary N) is 1. The number of phenols is 1. The molecule has 0 amide bonds. The summed E-state index contributed by atoms with van der Waals surface area (Å²) in [5.41, 5.74) is 0.884. The Labute approximate surface area is 153 Å². The van der Waals surface area contributed by atoms with E-state index in [2.05, 4.69) is 15.0 Å². The zero-order chi connectivity index (χ0) is 18.3. The van der Waals surface area contributed by atoms with Crippen LogP contribution in [0.2, 0.25) is 5.02 Å². The Morgan fingerprint density at radius 2 is 1.96 bits per heavy atom. The average molecular weight is 367 g/mol. The molecule has 0 saturated carbocycles. The first-order valence-electron chi connectivity index (χ1n) is 8.05. The summed E-state index contributed by atoms with van der Waals surface area (Å²) in [5.74, 6) is 1.01. The lowest BCUT2D eigenvalue weighted by Gasteiger charge is -2.17. The second-order valence-electron chi connectivity index (χ2n) is 5.98. The number of benzene rings is 2. The van der Waals surface area contributed by atoms with Crippen molar-refractivity contribution in [3.63, 3.8) is 0 Å². The van der Waals surface area contributed by atoms with E-state index < -0.39 is 0 Å². The fourth-order valence-electron chi connectivity index (χ4n) is 2.96. The topological polar surface area (TPSA) is 83.8 Å². The molecule has 2 heterocycles. The minimum atomic E-state index is -0.264. The van der Waals surface area contributed by atoms with E-state index in [4.69, 9.17) is 11.6 Å². The zero-order valence-electron chi connectivity index (χ0n) is 13.8. The molecular weight excluding hydrogens is 352 g/mol. The number of hydrogen-bond donors (Lipinski definition) is 2. The quantitative estimate of drug-likeness (QED) is 0.580. The summed E-state index contributed by atoms with van der Waals surface area (Å²) in [7, 11) is 0. The molecule has 26 heavy (non-hydrogen) atoms. The van der Waals surface area contributed by atoms with Gasteiger partial charge in [0.05, 0.1) is 22.5 Å². The number of aromatic amines is 1. The van der Waals surface area contributed by atoms with Crippen molar-refractivity contribution >= 4 is 22.5 Å². The predicted octanol–water partition coefficient (Wildman–Crippen LogP) is 3.62. The molecule has 1 atom stereocenters. The number of rotatable bonds is 3. The van der Waals surface area contributed by atoms with E-state index in [-0.39, 0.29) is 17.2 Å². The van der Waals surface area contributed by atoms with Gasteiger partial charge in [-0.05, 0) is 43.3 Å². The molecule has 0 fully saturated rings. The first-order valence-corrected chi connectivity index (χ1v) is 8.43. The maximum absolute atomic E-state index is 13.2. The molecule has 6 nitrogen and oxygen atoms in total. The third-order valence-corrected chi connectivity index (χ3v) is 4.53. The minimum absolute atomic E-state index is 0.0604. The number of aromatic nitrogens is 4. The van der Waals surface area contributed by atoms with Crippen molar-refractivity contribution in [2.45, 2.75) is 12.8 Å². The van der Waals surface area contributed by atoms with Crippen molar-refractivity contribution in [2.75, 3.05) is 0 Å². The summed E-state index contributed by atoms with van der Waals surface area (Å²) in [5, 5.41) is 10.8. The first kappa shape index (κ1) is 16.4. The van der Waals surface area contributed by atoms with Crippen LogP contribution in [0.1, 0.15) is 24.5 Å². The van der Waals surface area contributed by atoms with Crippen LogP contribution in [0.25, 0.3) is 16.6 Å². The van der Waals surface area contributed by atoms with E-state index in [1.165, 1.54) is 12.1 Å². The Bertz CT molecular complexity index is 1130. The molecule has 0 aliphatic carbocycles. The van der Waals surface area contributed by atoms with Crippen molar-refractivity contribution in [2.24, 2.45) is 0 Å². The highest BCUT2D eigenvalue weighted by molar-refractivity contribution is 6.30. The van der Waals surface area contributed by atoms with Gasteiger partial charge in [0.25, 0.3) is 5.56 Å². The second-order valence-corrected chi connectivity index (χ2v) is 6.42. The predicted molar refractivity (Wildman–Crippen MR) is 100 cm³/mol. The SMILES string of the molecule is CC(c1ncc[nH]1)c1nc2cc(O)ccc2c(=O)n1-c1ccc(Cl)cc1. The first-order chi connectivity index (χ1) is 12.5. The van der Waals surface area contributed by atoms with E-state index in [0.717, 1.165) is 0 Å². The van der Waals surface area contributed by atoms with Gasteiger partial charge in [0.15, 0.2) is 0 Å². The van der Waals surface area contributed by atoms with Crippen molar-refractivity contribution in [3.05, 3.63) is 81.9 Å². The van der Waals surface area contributed by atoms with Gasteiger partial charge in [0.2, 0.25) is 0 Å². The van der Waals surface area contributed by atoms with Gasteiger partial charge in [-0.1, -0.05) is 11.6 Å². The van der Waals surface area contributed by atoms with E-state index in [0.29, 0.717) is 33.3 Å². The Balaban J connectivity index is 2.05. The van der Waals surface area contributed by atoms with Crippen molar-refractivity contribution in [1.29, 1.82) is 0 Å². The molecule has 0 radical (unpaired) electrons. The lowest BCUT2D eigenvalue weighted by molar-refractivity contribution is 0.476. The normalized spacial score (nSPS) is 12.4. The van der Waals surface area contributed by atoms with E-state index in [1.807, 2.05) is 6.92 Å². The van der Waals surface area contributed by atoms with Gasteiger partial charge < -0.3 is 10.1 Å². The number of nitrogens with zero attached hydrogens (tertiary/aromatic N) is 3. The number of aromatic hydroxyl groups is 1. The van der Waals surface area contributed by atoms with Gasteiger partial charge in [-0.3, -0.25) is 9.36 Å². The van der Waals surface area contributed by atoms with E-state index >= 15 is 0 Å². The molecule has 2 aromatic carbocycles. The molecule has 2 N–H and O–H groups in total. The van der Waals surface area contributed by atoms with Crippen LogP contribution in [-0.4, -0.2) is 24.6 Å². The number of hydrogen-bond acceptors (Lipinski definition) is 4. The van der Waals surface area contributed by atoms with Crippen molar-refractivity contribution in [1.82, 2.24) is 19.5 Å². The van der Waals surface area contributed by atoms with Crippen LogP contribution < -0.4 is 5.56 Å². The number of halogens is 1. The molecule has 7 heteroatoms. The van der Waals surface area contributed by atoms with Gasteiger partial charge in [0, 0.05) is 23.5 Å². The second kappa shape index (κ2) is 6.31. The Morgan fingerprint density at radius 1 is 1.19 bits per heavy atom. The van der Waals surface area contributed by atoms with Crippen molar-refractivity contribution in [3.8, 4) is 11.4 Å². The highest BCUT2D eigenvalue weighted by Crippen LogP contribution is 2.25. The van der Waals surface area contributed by atoms with Gasteiger partial charge in [-0.2, -0.15) is 0 Å². The Kier molecular flexibility index (Phi) is 3.97. The molecule has 0 spiro atoms. The summed E-state index contributed by atoms with van der Waals surface area (Å²) >= 11 is 5.99. The molecule has 0 aliphatic heterocycles. The van der Waals surface area contributed by atoms with Crippen LogP contribution in [0.15, 0.2) is 59.7 Å². The van der Waals surface area contributed by atoms with Gasteiger partial charge in [-0.25, -0.2) is 9.97 Å². The van der Waals surface area contributed by atoms with Gasteiger partial charge in [0.1, 0.15) is 17.4 Å². The third kappa shape index (κ3) is 2.74.